The van der Waals surface area contributed by atoms with Crippen molar-refractivity contribution >= 4 is 11.9 Å². The smallest absolute Gasteiger partial charge is 0.416 e. The van der Waals surface area contributed by atoms with Crippen LogP contribution in [0.3, 0.4) is 0 Å². The van der Waals surface area contributed by atoms with Crippen LogP contribution in [-0.2, 0) is 22.3 Å². The third kappa shape index (κ3) is 5.38. The summed E-state index contributed by atoms with van der Waals surface area (Å²) >= 11 is 0. The van der Waals surface area contributed by atoms with Gasteiger partial charge in [0.15, 0.2) is 18.1 Å². The number of amides is 1. The van der Waals surface area contributed by atoms with Crippen LogP contribution in [0, 0.1) is 0 Å². The van der Waals surface area contributed by atoms with Crippen molar-refractivity contribution in [3.05, 3.63) is 59.2 Å². The molecule has 0 unspecified atom stereocenters. The van der Waals surface area contributed by atoms with Crippen LogP contribution in [0.25, 0.3) is 0 Å². The Balaban J connectivity index is 1.88. The molecule has 0 aliphatic heterocycles. The zero-order valence-corrected chi connectivity index (χ0v) is 15.1. The molecule has 9 heteroatoms. The Bertz CT molecular complexity index is 834. The van der Waals surface area contributed by atoms with Crippen LogP contribution < -0.4 is 14.8 Å². The summed E-state index contributed by atoms with van der Waals surface area (Å²) in [6.07, 6.45) is -4.42. The van der Waals surface area contributed by atoms with E-state index in [4.69, 9.17) is 14.2 Å². The molecule has 1 N–H and O–H groups in total. The monoisotopic (exact) mass is 397 g/mol. The number of benzene rings is 2. The average molecular weight is 397 g/mol. The van der Waals surface area contributed by atoms with E-state index in [1.807, 2.05) is 0 Å². The van der Waals surface area contributed by atoms with Crippen molar-refractivity contribution in [1.82, 2.24) is 5.32 Å². The lowest BCUT2D eigenvalue weighted by Crippen LogP contribution is -2.28. The molecule has 0 heterocycles. The molecule has 28 heavy (non-hydrogen) atoms. The van der Waals surface area contributed by atoms with Crippen LogP contribution in [0.1, 0.15) is 21.5 Å². The maximum absolute atomic E-state index is 12.5. The number of carbonyl (C=O) groups is 2. The topological polar surface area (TPSA) is 73.9 Å². The van der Waals surface area contributed by atoms with E-state index >= 15 is 0 Å². The predicted octanol–water partition coefficient (Wildman–Crippen LogP) is 3.20. The van der Waals surface area contributed by atoms with E-state index in [1.165, 1.54) is 32.4 Å². The van der Waals surface area contributed by atoms with E-state index in [0.717, 1.165) is 12.1 Å². The fourth-order valence-electron chi connectivity index (χ4n) is 2.32. The van der Waals surface area contributed by atoms with Gasteiger partial charge in [-0.1, -0.05) is 18.2 Å². The molecule has 0 radical (unpaired) electrons. The number of alkyl halides is 3. The Morgan fingerprint density at radius 3 is 2.25 bits per heavy atom. The van der Waals surface area contributed by atoms with Crippen molar-refractivity contribution in [2.45, 2.75) is 12.7 Å². The average Bonchev–Trinajstić information content (AvgIpc) is 2.69. The number of rotatable bonds is 7. The Labute approximate surface area is 159 Å². The fourth-order valence-corrected chi connectivity index (χ4v) is 2.32. The van der Waals surface area contributed by atoms with Gasteiger partial charge in [-0.15, -0.1) is 0 Å². The number of esters is 1. The Morgan fingerprint density at radius 2 is 1.68 bits per heavy atom. The van der Waals surface area contributed by atoms with Crippen molar-refractivity contribution in [3.63, 3.8) is 0 Å². The second kappa shape index (κ2) is 9.12. The molecular weight excluding hydrogens is 379 g/mol. The lowest BCUT2D eigenvalue weighted by Gasteiger charge is -2.12. The summed E-state index contributed by atoms with van der Waals surface area (Å²) in [6, 6.07) is 9.01. The van der Waals surface area contributed by atoms with Crippen molar-refractivity contribution in [2.75, 3.05) is 20.8 Å². The molecule has 0 saturated carbocycles. The Hall–Kier alpha value is -3.23. The van der Waals surface area contributed by atoms with Crippen LogP contribution in [0.2, 0.25) is 0 Å². The van der Waals surface area contributed by atoms with Crippen molar-refractivity contribution in [1.29, 1.82) is 0 Å². The van der Waals surface area contributed by atoms with Gasteiger partial charge in [-0.2, -0.15) is 13.2 Å². The van der Waals surface area contributed by atoms with Gasteiger partial charge >= 0.3 is 12.1 Å². The summed E-state index contributed by atoms with van der Waals surface area (Å²) < 4.78 is 52.7. The molecular formula is C19H18F3NO5. The maximum atomic E-state index is 12.5. The molecule has 0 bridgehead atoms. The molecule has 0 saturated heterocycles. The minimum absolute atomic E-state index is 0.00297. The molecule has 0 aliphatic rings. The first-order valence-corrected chi connectivity index (χ1v) is 8.07. The van der Waals surface area contributed by atoms with E-state index < -0.39 is 30.2 Å². The molecule has 0 aliphatic carbocycles. The molecule has 2 aromatic rings. The standard InChI is InChI=1S/C19H18F3NO5/c1-26-15-5-3-4-14(17(15)27-2)18(25)28-11-16(24)23-10-12-6-8-13(9-7-12)19(20,21)22/h3-9H,10-11H2,1-2H3,(H,23,24). The van der Waals surface area contributed by atoms with Gasteiger partial charge in [-0.05, 0) is 29.8 Å². The van der Waals surface area contributed by atoms with Crippen LogP contribution in [0.4, 0.5) is 13.2 Å². The molecule has 0 aromatic heterocycles. The molecule has 6 nitrogen and oxygen atoms in total. The molecule has 2 aromatic carbocycles. The number of hydrogen-bond acceptors (Lipinski definition) is 5. The second-order valence-electron chi connectivity index (χ2n) is 5.59. The molecule has 2 rings (SSSR count). The van der Waals surface area contributed by atoms with Crippen LogP contribution in [-0.4, -0.2) is 32.7 Å². The van der Waals surface area contributed by atoms with Gasteiger partial charge in [0, 0.05) is 6.54 Å². The zero-order valence-electron chi connectivity index (χ0n) is 15.1. The van der Waals surface area contributed by atoms with Gasteiger partial charge in [0.1, 0.15) is 5.56 Å². The summed E-state index contributed by atoms with van der Waals surface area (Å²) in [5.74, 6) is -0.862. The van der Waals surface area contributed by atoms with Crippen LogP contribution >= 0.6 is 0 Å². The summed E-state index contributed by atoms with van der Waals surface area (Å²) in [7, 11) is 2.78. The summed E-state index contributed by atoms with van der Waals surface area (Å²) in [6.45, 7) is -0.559. The number of carbonyl (C=O) groups excluding carboxylic acids is 2. The molecule has 0 spiro atoms. The van der Waals surface area contributed by atoms with Crippen molar-refractivity contribution < 1.29 is 37.0 Å². The summed E-state index contributed by atoms with van der Waals surface area (Å²) in [5, 5.41) is 2.46. The summed E-state index contributed by atoms with van der Waals surface area (Å²) in [5.41, 5.74) is -0.205. The van der Waals surface area contributed by atoms with E-state index in [1.54, 1.807) is 12.1 Å². The highest BCUT2D eigenvalue weighted by atomic mass is 19.4. The Kier molecular flexibility index (Phi) is 6.86. The number of ether oxygens (including phenoxy) is 3. The SMILES string of the molecule is COc1cccc(C(=O)OCC(=O)NCc2ccc(C(F)(F)F)cc2)c1OC. The number of methoxy groups -OCH3 is 2. The molecule has 0 atom stereocenters. The number of halogens is 3. The first-order chi connectivity index (χ1) is 13.3. The minimum Gasteiger partial charge on any atom is -0.493 e. The lowest BCUT2D eigenvalue weighted by atomic mass is 10.1. The number of nitrogens with one attached hydrogen (secondary N) is 1. The van der Waals surface area contributed by atoms with Crippen molar-refractivity contribution in [3.8, 4) is 11.5 Å². The van der Waals surface area contributed by atoms with E-state index in [2.05, 4.69) is 5.32 Å². The van der Waals surface area contributed by atoms with Gasteiger partial charge in [-0.25, -0.2) is 4.79 Å². The van der Waals surface area contributed by atoms with Crippen LogP contribution in [0.5, 0.6) is 11.5 Å². The van der Waals surface area contributed by atoms with Crippen LogP contribution in [0.15, 0.2) is 42.5 Å². The Morgan fingerprint density at radius 1 is 1.00 bits per heavy atom. The third-order valence-electron chi connectivity index (χ3n) is 3.73. The lowest BCUT2D eigenvalue weighted by molar-refractivity contribution is -0.137. The third-order valence-corrected chi connectivity index (χ3v) is 3.73. The van der Waals surface area contributed by atoms with Gasteiger partial charge in [0.2, 0.25) is 0 Å². The highest BCUT2D eigenvalue weighted by Crippen LogP contribution is 2.31. The van der Waals surface area contributed by atoms with Gasteiger partial charge in [-0.3, -0.25) is 4.79 Å². The fraction of sp³-hybridized carbons (Fsp3) is 0.263. The van der Waals surface area contributed by atoms with Gasteiger partial charge in [0.05, 0.1) is 19.8 Å². The number of hydrogen-bond donors (Lipinski definition) is 1. The normalized spacial score (nSPS) is 10.9. The molecule has 1 amide bonds. The molecule has 150 valence electrons. The first kappa shape index (κ1) is 21.1. The predicted molar refractivity (Wildman–Crippen MR) is 93.1 cm³/mol. The first-order valence-electron chi connectivity index (χ1n) is 8.07. The molecule has 0 fully saturated rings. The maximum Gasteiger partial charge on any atom is 0.416 e. The van der Waals surface area contributed by atoms with E-state index in [9.17, 15) is 22.8 Å². The van der Waals surface area contributed by atoms with E-state index in [0.29, 0.717) is 11.3 Å². The van der Waals surface area contributed by atoms with Crippen molar-refractivity contribution in [2.24, 2.45) is 0 Å². The highest BCUT2D eigenvalue weighted by Gasteiger charge is 2.29. The van der Waals surface area contributed by atoms with Gasteiger partial charge < -0.3 is 19.5 Å². The minimum atomic E-state index is -4.42. The zero-order chi connectivity index (χ0) is 20.7. The summed E-state index contributed by atoms with van der Waals surface area (Å²) in [4.78, 5) is 24.0. The van der Waals surface area contributed by atoms with E-state index in [-0.39, 0.29) is 17.9 Å². The van der Waals surface area contributed by atoms with Gasteiger partial charge in [0.25, 0.3) is 5.91 Å². The highest BCUT2D eigenvalue weighted by molar-refractivity contribution is 5.94. The second-order valence-corrected chi connectivity index (χ2v) is 5.59. The quantitative estimate of drug-likeness (QED) is 0.727. The number of para-hydroxylation sites is 1. The largest absolute Gasteiger partial charge is 0.493 e.